The number of cyclic esters (lactones) is 1. The fourth-order valence-electron chi connectivity index (χ4n) is 9.01. The van der Waals surface area contributed by atoms with E-state index >= 15 is 4.79 Å². The molecule has 1 heterocycles. The molecule has 11 amide bonds. The highest BCUT2D eigenvalue weighted by Crippen LogP contribution is 2.25. The number of benzene rings is 1. The summed E-state index contributed by atoms with van der Waals surface area (Å²) >= 11 is 1.41. The Kier molecular flexibility index (Phi) is 33.7. The summed E-state index contributed by atoms with van der Waals surface area (Å²) in [6.45, 7) is 11.7. The quantitative estimate of drug-likeness (QED) is 0.0198. The van der Waals surface area contributed by atoms with Gasteiger partial charge in [-0.1, -0.05) is 92.1 Å². The van der Waals surface area contributed by atoms with E-state index in [2.05, 4.69) is 47.5 Å². The number of ether oxygens (including phenoxy) is 1. The minimum atomic E-state index is -2.57. The maximum atomic E-state index is 15.3. The van der Waals surface area contributed by atoms with Gasteiger partial charge in [0.25, 0.3) is 0 Å². The number of aliphatic imine (C=N–C) groups is 1. The number of hydrogen-bond acceptors (Lipinski definition) is 20. The highest BCUT2D eigenvalue weighted by molar-refractivity contribution is 7.98. The number of primary amides is 1. The lowest BCUT2D eigenvalue weighted by Crippen LogP contribution is -2.64. The summed E-state index contributed by atoms with van der Waals surface area (Å²) in [5, 5.41) is 68.0. The number of guanidine groups is 1. The van der Waals surface area contributed by atoms with Crippen LogP contribution < -0.4 is 76.1 Å². The van der Waals surface area contributed by atoms with Crippen molar-refractivity contribution < 1.29 is 82.7 Å². The lowest BCUT2D eigenvalue weighted by molar-refractivity contribution is -0.159. The van der Waals surface area contributed by atoms with E-state index in [0.29, 0.717) is 5.75 Å². The molecule has 15 atom stereocenters. The van der Waals surface area contributed by atoms with E-state index < -0.39 is 181 Å². The number of thioether (sulfide) groups is 1. The molecule has 0 spiro atoms. The molecule has 1 aliphatic heterocycles. The van der Waals surface area contributed by atoms with Crippen LogP contribution in [0.2, 0.25) is 0 Å². The van der Waals surface area contributed by atoms with Crippen molar-refractivity contribution in [3.63, 3.8) is 0 Å². The van der Waals surface area contributed by atoms with Crippen LogP contribution in [0.25, 0.3) is 0 Å². The first-order valence-corrected chi connectivity index (χ1v) is 31.1. The Labute approximate surface area is 527 Å². The minimum Gasteiger partial charge on any atom is -0.453 e. The van der Waals surface area contributed by atoms with Crippen LogP contribution in [0.15, 0.2) is 35.3 Å². The molecular formula is C57H95N15O17S. The third kappa shape index (κ3) is 25.6. The first-order valence-electron chi connectivity index (χ1n) is 29.7. The van der Waals surface area contributed by atoms with Gasteiger partial charge in [0.2, 0.25) is 65.0 Å². The predicted molar refractivity (Wildman–Crippen MR) is 330 cm³/mol. The number of carbonyl (C=O) groups excluding carboxylic acids is 12. The minimum absolute atomic E-state index is 0.0467. The second-order valence-corrected chi connectivity index (χ2v) is 24.2. The van der Waals surface area contributed by atoms with E-state index in [0.717, 1.165) is 6.92 Å². The third-order valence-electron chi connectivity index (χ3n) is 14.4. The monoisotopic (exact) mass is 1290 g/mol. The zero-order valence-electron chi connectivity index (χ0n) is 52.6. The average molecular weight is 1290 g/mol. The zero-order chi connectivity index (χ0) is 68.3. The first kappa shape index (κ1) is 78.4. The number of amides is 11. The summed E-state index contributed by atoms with van der Waals surface area (Å²) in [6, 6.07) is -10.7. The third-order valence-corrected chi connectivity index (χ3v) is 15.0. The van der Waals surface area contributed by atoms with Gasteiger partial charge in [-0.05, 0) is 80.3 Å². The standard InChI is InChI=1S/C57H95N15O17S/c1-11-29(8)38-52(84)70-39(30(9)74)51(83)63-24-37(75)68-41(44(77)46(59)78)54(86)67-36(25-73)56(88)89-45(31-16-13-12-14-17-31)42(72-50(82)35(23-27(4)5)65-47(79)32(58)19-21-90-10)55(87)71-40(43(76)28(6)7)53(85)66-34(22-26(2)3)49(81)64-33(48(80)69-38)18-15-20-62-57(60)61/h12-14,16-17,26-30,32-36,38-45,73-74,76-77H,11,15,18-25,58H2,1-10H3,(H2,59,78)(H,63,83)(H,64,81)(H,65,79)(H,66,85)(H,67,86)(H,68,75)(H,69,80)(H,70,84)(H,71,87)(H,72,82)(H4,60,61,62)/t29-,30-,32+,33+,34-,35-,36-,38?,39?,40-,41-,42-,43+,44-,45+/m0/s1. The van der Waals surface area contributed by atoms with E-state index in [-0.39, 0.29) is 68.4 Å². The summed E-state index contributed by atoms with van der Waals surface area (Å²) in [4.78, 5) is 174. The van der Waals surface area contributed by atoms with Crippen molar-refractivity contribution in [2.45, 2.75) is 186 Å². The fraction of sp³-hybridized carbons (Fsp3) is 0.667. The summed E-state index contributed by atoms with van der Waals surface area (Å²) in [5.41, 5.74) is 22.5. The number of aliphatic hydroxyl groups is 4. The Morgan fingerprint density at radius 1 is 0.700 bits per heavy atom. The molecule has 0 radical (unpaired) electrons. The molecule has 2 unspecified atom stereocenters. The highest BCUT2D eigenvalue weighted by atomic mass is 32.2. The van der Waals surface area contributed by atoms with Crippen LogP contribution in [0.3, 0.4) is 0 Å². The molecule has 1 saturated heterocycles. The van der Waals surface area contributed by atoms with Crippen LogP contribution in [0.5, 0.6) is 0 Å². The Hall–Kier alpha value is -7.72. The molecule has 0 aromatic heterocycles. The number of esters is 1. The summed E-state index contributed by atoms with van der Waals surface area (Å²) in [6.07, 6.45) is -6.24. The predicted octanol–water partition coefficient (Wildman–Crippen LogP) is -5.73. The smallest absolute Gasteiger partial charge is 0.331 e. The van der Waals surface area contributed by atoms with Gasteiger partial charge in [0.05, 0.1) is 31.4 Å². The van der Waals surface area contributed by atoms with Gasteiger partial charge in [-0.25, -0.2) is 4.79 Å². The molecule has 1 fully saturated rings. The van der Waals surface area contributed by atoms with E-state index in [4.69, 9.17) is 27.7 Å². The van der Waals surface area contributed by atoms with Crippen LogP contribution in [-0.4, -0.2) is 208 Å². The molecule has 506 valence electrons. The number of nitrogens with one attached hydrogen (secondary N) is 10. The van der Waals surface area contributed by atoms with Crippen molar-refractivity contribution in [3.8, 4) is 0 Å². The number of hydrogen-bond donors (Lipinski definition) is 18. The molecule has 0 bridgehead atoms. The number of carbonyl (C=O) groups is 12. The maximum absolute atomic E-state index is 15.3. The number of rotatable bonds is 24. The van der Waals surface area contributed by atoms with E-state index in [1.165, 1.54) is 55.9 Å². The van der Waals surface area contributed by atoms with Gasteiger partial charge in [0.1, 0.15) is 48.3 Å². The second kappa shape index (κ2) is 38.7. The average Bonchev–Trinajstić information content (AvgIpc) is 1.10. The maximum Gasteiger partial charge on any atom is 0.331 e. The van der Waals surface area contributed by atoms with Crippen molar-refractivity contribution >= 4 is 88.7 Å². The lowest BCUT2D eigenvalue weighted by Gasteiger charge is -2.33. The topological polar surface area (TPSA) is 532 Å². The number of nitrogens with zero attached hydrogens (tertiary/aromatic N) is 1. The van der Waals surface area contributed by atoms with E-state index in [1.54, 1.807) is 47.8 Å². The number of nitrogens with two attached hydrogens (primary N) is 4. The van der Waals surface area contributed by atoms with Crippen molar-refractivity contribution in [2.24, 2.45) is 51.6 Å². The largest absolute Gasteiger partial charge is 0.453 e. The van der Waals surface area contributed by atoms with Gasteiger partial charge >= 0.3 is 5.97 Å². The summed E-state index contributed by atoms with van der Waals surface area (Å²) < 4.78 is 5.92. The molecule has 2 rings (SSSR count). The van der Waals surface area contributed by atoms with Gasteiger partial charge < -0.3 is 101 Å². The van der Waals surface area contributed by atoms with Gasteiger partial charge in [-0.2, -0.15) is 11.8 Å². The fourth-order valence-corrected chi connectivity index (χ4v) is 9.50. The van der Waals surface area contributed by atoms with Crippen LogP contribution in [0.4, 0.5) is 0 Å². The summed E-state index contributed by atoms with van der Waals surface area (Å²) in [5.74, 6) is -16.7. The Balaban J connectivity index is 3.13. The van der Waals surface area contributed by atoms with Crippen LogP contribution >= 0.6 is 11.8 Å². The van der Waals surface area contributed by atoms with Gasteiger partial charge in [0.15, 0.2) is 24.2 Å². The second-order valence-electron chi connectivity index (χ2n) is 23.2. The first-order chi connectivity index (χ1) is 42.2. The van der Waals surface area contributed by atoms with Crippen molar-refractivity contribution in [3.05, 3.63) is 35.9 Å². The summed E-state index contributed by atoms with van der Waals surface area (Å²) in [7, 11) is 0. The number of aliphatic hydroxyl groups excluding tert-OH is 4. The Morgan fingerprint density at radius 3 is 1.81 bits per heavy atom. The zero-order valence-corrected chi connectivity index (χ0v) is 53.4. The molecule has 1 aromatic carbocycles. The normalized spacial score (nSPS) is 24.6. The van der Waals surface area contributed by atoms with Crippen molar-refractivity contribution in [2.75, 3.05) is 31.7 Å². The molecule has 33 heteroatoms. The lowest BCUT2D eigenvalue weighted by atomic mass is 9.95. The van der Waals surface area contributed by atoms with E-state index in [9.17, 15) is 73.2 Å². The van der Waals surface area contributed by atoms with Crippen molar-refractivity contribution in [1.29, 1.82) is 0 Å². The Bertz CT molecular complexity index is 2630. The van der Waals surface area contributed by atoms with Gasteiger partial charge in [-0.3, -0.25) is 57.7 Å². The van der Waals surface area contributed by atoms with Gasteiger partial charge in [0, 0.05) is 6.54 Å². The molecule has 1 aromatic rings. The molecular weight excluding hydrogens is 1200 g/mol. The molecule has 22 N–H and O–H groups in total. The van der Waals surface area contributed by atoms with Crippen molar-refractivity contribution in [1.82, 2.24) is 53.2 Å². The van der Waals surface area contributed by atoms with Crippen LogP contribution in [0, 0.1) is 23.7 Å². The molecule has 0 aliphatic carbocycles. The van der Waals surface area contributed by atoms with E-state index in [1.807, 2.05) is 10.6 Å². The molecule has 32 nitrogen and oxygen atoms in total. The SMILES string of the molecule is CC[C@H](C)C1NC(=O)[C@@H](CCCN=C(N)N)NC(=O)[C@H](CC(C)C)NC(=O)[C@H]([C@H](O)C(C)C)NC(=O)[C@@H](NC(=O)[C@H](CC(C)C)NC(=O)[C@H](N)CCSC)[C@@H](c2ccccc2)OC(=O)[C@H](CO)NC(=O)[C@H]([C@H](O)C(N)=O)NC(=O)CNC(=O)C([C@H](C)O)NC1=O. The highest BCUT2D eigenvalue weighted by Gasteiger charge is 2.44. The van der Waals surface area contributed by atoms with Gasteiger partial charge in [-0.15, -0.1) is 0 Å². The van der Waals surface area contributed by atoms with Crippen LogP contribution in [-0.2, 0) is 62.3 Å². The molecule has 0 saturated carbocycles. The molecule has 1 aliphatic rings. The molecule has 90 heavy (non-hydrogen) atoms. The Morgan fingerprint density at radius 2 is 1.27 bits per heavy atom. The van der Waals surface area contributed by atoms with Crippen LogP contribution in [0.1, 0.15) is 113 Å².